The van der Waals surface area contributed by atoms with Crippen LogP contribution < -0.4 is 10.6 Å². The molecule has 0 bridgehead atoms. The molecule has 0 saturated carbocycles. The molecule has 0 unspecified atom stereocenters. The van der Waals surface area contributed by atoms with E-state index < -0.39 is 5.97 Å². The normalized spacial score (nSPS) is 13.5. The van der Waals surface area contributed by atoms with Crippen LogP contribution in [0.25, 0.3) is 0 Å². The van der Waals surface area contributed by atoms with Gasteiger partial charge in [-0.1, -0.05) is 12.1 Å². The topological polar surface area (TPSA) is 67.4 Å². The molecule has 1 heterocycles. The average Bonchev–Trinajstić information content (AvgIpc) is 2.44. The molecule has 1 aliphatic rings. The van der Waals surface area contributed by atoms with Crippen molar-refractivity contribution in [3.8, 4) is 0 Å². The highest BCUT2D eigenvalue weighted by Crippen LogP contribution is 2.18. The molecular formula is C14H18N2O3. The second kappa shape index (κ2) is 6.33. The van der Waals surface area contributed by atoms with Crippen LogP contribution in [-0.4, -0.2) is 31.6 Å². The van der Waals surface area contributed by atoms with E-state index in [2.05, 4.69) is 10.6 Å². The molecule has 1 amide bonds. The number of esters is 1. The zero-order valence-electron chi connectivity index (χ0n) is 11.0. The van der Waals surface area contributed by atoms with Crippen molar-refractivity contribution < 1.29 is 14.3 Å². The minimum atomic E-state index is -0.418. The van der Waals surface area contributed by atoms with Crippen molar-refractivity contribution in [1.82, 2.24) is 10.6 Å². The maximum atomic E-state index is 12.1. The van der Waals surface area contributed by atoms with Gasteiger partial charge in [0.25, 0.3) is 5.91 Å². The third-order valence-corrected chi connectivity index (χ3v) is 3.09. The van der Waals surface area contributed by atoms with Crippen molar-refractivity contribution in [2.75, 3.05) is 19.7 Å². The van der Waals surface area contributed by atoms with Crippen LogP contribution >= 0.6 is 0 Å². The summed E-state index contributed by atoms with van der Waals surface area (Å²) < 4.78 is 4.77. The van der Waals surface area contributed by atoms with E-state index in [1.165, 1.54) is 5.56 Å². The second-order valence-electron chi connectivity index (χ2n) is 4.36. The van der Waals surface area contributed by atoms with Crippen molar-refractivity contribution in [2.24, 2.45) is 0 Å². The lowest BCUT2D eigenvalue weighted by Crippen LogP contribution is -2.33. The highest BCUT2D eigenvalue weighted by atomic mass is 16.5. The summed E-state index contributed by atoms with van der Waals surface area (Å²) >= 11 is 0. The third-order valence-electron chi connectivity index (χ3n) is 3.09. The van der Waals surface area contributed by atoms with Crippen molar-refractivity contribution in [3.63, 3.8) is 0 Å². The van der Waals surface area contributed by atoms with Crippen LogP contribution in [0.5, 0.6) is 0 Å². The van der Waals surface area contributed by atoms with Gasteiger partial charge >= 0.3 is 5.97 Å². The SMILES string of the molecule is CCOC(=O)CNC(=O)c1cccc2c1CNCC2. The summed E-state index contributed by atoms with van der Waals surface area (Å²) in [6.45, 7) is 3.58. The lowest BCUT2D eigenvalue weighted by atomic mass is 9.95. The van der Waals surface area contributed by atoms with Gasteiger partial charge in [0.2, 0.25) is 0 Å². The monoisotopic (exact) mass is 262 g/mol. The Hall–Kier alpha value is -1.88. The number of carbonyl (C=O) groups excluding carboxylic acids is 2. The summed E-state index contributed by atoms with van der Waals surface area (Å²) in [5.74, 6) is -0.646. The quantitative estimate of drug-likeness (QED) is 0.781. The first-order valence-corrected chi connectivity index (χ1v) is 6.47. The maximum absolute atomic E-state index is 12.1. The molecule has 5 heteroatoms. The van der Waals surface area contributed by atoms with Gasteiger partial charge in [0.15, 0.2) is 0 Å². The lowest BCUT2D eigenvalue weighted by Gasteiger charge is -2.19. The first-order valence-electron chi connectivity index (χ1n) is 6.47. The van der Waals surface area contributed by atoms with Crippen molar-refractivity contribution in [1.29, 1.82) is 0 Å². The van der Waals surface area contributed by atoms with Gasteiger partial charge in [0.1, 0.15) is 6.54 Å². The van der Waals surface area contributed by atoms with Crippen LogP contribution in [-0.2, 0) is 22.5 Å². The molecule has 1 aromatic carbocycles. The number of ether oxygens (including phenoxy) is 1. The van der Waals surface area contributed by atoms with Crippen LogP contribution in [0.15, 0.2) is 18.2 Å². The first kappa shape index (κ1) is 13.5. The number of benzene rings is 1. The summed E-state index contributed by atoms with van der Waals surface area (Å²) in [5, 5.41) is 5.84. The molecule has 2 rings (SSSR count). The summed E-state index contributed by atoms with van der Waals surface area (Å²) in [4.78, 5) is 23.3. The number of rotatable bonds is 4. The van der Waals surface area contributed by atoms with E-state index in [0.717, 1.165) is 18.5 Å². The van der Waals surface area contributed by atoms with Crippen molar-refractivity contribution in [2.45, 2.75) is 19.9 Å². The second-order valence-corrected chi connectivity index (χ2v) is 4.36. The number of hydrogen-bond donors (Lipinski definition) is 2. The minimum Gasteiger partial charge on any atom is -0.465 e. The smallest absolute Gasteiger partial charge is 0.325 e. The number of amides is 1. The highest BCUT2D eigenvalue weighted by Gasteiger charge is 2.17. The van der Waals surface area contributed by atoms with Gasteiger partial charge in [-0.2, -0.15) is 0 Å². The Morgan fingerprint density at radius 2 is 2.26 bits per heavy atom. The molecular weight excluding hydrogens is 244 g/mol. The molecule has 1 aromatic rings. The van der Waals surface area contributed by atoms with E-state index in [4.69, 9.17) is 4.74 Å². The molecule has 5 nitrogen and oxygen atoms in total. The van der Waals surface area contributed by atoms with Gasteiger partial charge < -0.3 is 15.4 Å². The predicted molar refractivity (Wildman–Crippen MR) is 70.8 cm³/mol. The molecule has 102 valence electrons. The Labute approximate surface area is 112 Å². The largest absolute Gasteiger partial charge is 0.465 e. The molecule has 0 radical (unpaired) electrons. The molecule has 0 aromatic heterocycles. The minimum absolute atomic E-state index is 0.0935. The van der Waals surface area contributed by atoms with E-state index in [-0.39, 0.29) is 12.5 Å². The summed E-state index contributed by atoms with van der Waals surface area (Å²) in [6.07, 6.45) is 0.925. The molecule has 0 fully saturated rings. The Morgan fingerprint density at radius 3 is 3.05 bits per heavy atom. The number of nitrogens with one attached hydrogen (secondary N) is 2. The Balaban J connectivity index is 2.05. The maximum Gasteiger partial charge on any atom is 0.325 e. The fourth-order valence-corrected chi connectivity index (χ4v) is 2.19. The third kappa shape index (κ3) is 3.32. The van der Waals surface area contributed by atoms with Gasteiger partial charge in [-0.3, -0.25) is 9.59 Å². The van der Waals surface area contributed by atoms with E-state index in [0.29, 0.717) is 18.7 Å². The van der Waals surface area contributed by atoms with Gasteiger partial charge in [0, 0.05) is 12.1 Å². The molecule has 2 N–H and O–H groups in total. The first-order chi connectivity index (χ1) is 9.22. The molecule has 0 spiro atoms. The summed E-state index contributed by atoms with van der Waals surface area (Å²) in [5.41, 5.74) is 2.85. The molecule has 1 aliphatic heterocycles. The number of hydrogen-bond acceptors (Lipinski definition) is 4. The zero-order chi connectivity index (χ0) is 13.7. The fourth-order valence-electron chi connectivity index (χ4n) is 2.19. The highest BCUT2D eigenvalue weighted by molar-refractivity contribution is 5.97. The summed E-state index contributed by atoms with van der Waals surface area (Å²) in [7, 11) is 0. The number of carbonyl (C=O) groups is 2. The van der Waals surface area contributed by atoms with Crippen molar-refractivity contribution >= 4 is 11.9 Å². The molecule has 0 saturated heterocycles. The van der Waals surface area contributed by atoms with E-state index in [1.807, 2.05) is 12.1 Å². The van der Waals surface area contributed by atoms with Crippen LogP contribution in [0.4, 0.5) is 0 Å². The van der Waals surface area contributed by atoms with Crippen LogP contribution in [0, 0.1) is 0 Å². The number of fused-ring (bicyclic) bond motifs is 1. The summed E-state index contributed by atoms with van der Waals surface area (Å²) in [6, 6.07) is 5.70. The molecule has 0 atom stereocenters. The molecule has 0 aliphatic carbocycles. The van der Waals surface area contributed by atoms with Crippen molar-refractivity contribution in [3.05, 3.63) is 34.9 Å². The van der Waals surface area contributed by atoms with Gasteiger partial charge in [-0.05, 0) is 37.1 Å². The van der Waals surface area contributed by atoms with Gasteiger partial charge in [-0.25, -0.2) is 0 Å². The Bertz CT molecular complexity index is 486. The lowest BCUT2D eigenvalue weighted by molar-refractivity contribution is -0.141. The van der Waals surface area contributed by atoms with E-state index in [1.54, 1.807) is 13.0 Å². The van der Waals surface area contributed by atoms with E-state index >= 15 is 0 Å². The molecule has 19 heavy (non-hydrogen) atoms. The predicted octanol–water partition coefficient (Wildman–Crippen LogP) is 0.625. The van der Waals surface area contributed by atoms with E-state index in [9.17, 15) is 9.59 Å². The zero-order valence-corrected chi connectivity index (χ0v) is 11.0. The van der Waals surface area contributed by atoms with Crippen LogP contribution in [0.3, 0.4) is 0 Å². The standard InChI is InChI=1S/C14H18N2O3/c1-2-19-13(17)9-16-14(18)11-5-3-4-10-6-7-15-8-12(10)11/h3-5,15H,2,6-9H2,1H3,(H,16,18). The van der Waals surface area contributed by atoms with Gasteiger partial charge in [-0.15, -0.1) is 0 Å². The van der Waals surface area contributed by atoms with Gasteiger partial charge in [0.05, 0.1) is 6.61 Å². The Kier molecular flexibility index (Phi) is 4.52. The average molecular weight is 262 g/mol. The van der Waals surface area contributed by atoms with Crippen LogP contribution in [0.1, 0.15) is 28.4 Å². The fraction of sp³-hybridized carbons (Fsp3) is 0.429. The van der Waals surface area contributed by atoms with Crippen LogP contribution in [0.2, 0.25) is 0 Å². The Morgan fingerprint density at radius 1 is 1.42 bits per heavy atom.